The first-order chi connectivity index (χ1) is 9.63. The van der Waals surface area contributed by atoms with E-state index in [-0.39, 0.29) is 6.04 Å². The van der Waals surface area contributed by atoms with Crippen LogP contribution in [0, 0.1) is 13.8 Å². The van der Waals surface area contributed by atoms with E-state index in [1.54, 1.807) is 0 Å². The van der Waals surface area contributed by atoms with Gasteiger partial charge in [-0.05, 0) is 44.0 Å². The number of hydrogen-bond acceptors (Lipinski definition) is 4. The molecule has 0 radical (unpaired) electrons. The van der Waals surface area contributed by atoms with Crippen LogP contribution in [0.4, 0.5) is 5.82 Å². The normalized spacial score (nSPS) is 18.6. The van der Waals surface area contributed by atoms with Crippen LogP contribution in [0.5, 0.6) is 0 Å². The lowest BCUT2D eigenvalue weighted by Gasteiger charge is -2.16. The van der Waals surface area contributed by atoms with Crippen LogP contribution in [0.1, 0.15) is 17.5 Å². The van der Waals surface area contributed by atoms with Crippen molar-refractivity contribution in [2.75, 3.05) is 18.0 Å². The molecule has 1 unspecified atom stereocenters. The van der Waals surface area contributed by atoms with Crippen molar-refractivity contribution >= 4 is 5.82 Å². The van der Waals surface area contributed by atoms with Crippen molar-refractivity contribution in [1.82, 2.24) is 10.2 Å². The standard InChI is InChI=1S/C16H20N4/c1-11-3-4-12(2)14(9-11)15-5-6-16(19-18-15)20-8-7-13(17)10-20/h3-6,9,13H,7-8,10,17H2,1-2H3. The lowest BCUT2D eigenvalue weighted by atomic mass is 10.0. The van der Waals surface area contributed by atoms with E-state index in [9.17, 15) is 0 Å². The Morgan fingerprint density at radius 3 is 2.65 bits per heavy atom. The zero-order valence-corrected chi connectivity index (χ0v) is 12.0. The molecule has 0 amide bonds. The van der Waals surface area contributed by atoms with Gasteiger partial charge >= 0.3 is 0 Å². The molecule has 4 nitrogen and oxygen atoms in total. The van der Waals surface area contributed by atoms with Gasteiger partial charge in [0.15, 0.2) is 5.82 Å². The molecule has 1 saturated heterocycles. The summed E-state index contributed by atoms with van der Waals surface area (Å²) in [5.41, 5.74) is 10.5. The summed E-state index contributed by atoms with van der Waals surface area (Å²) in [7, 11) is 0. The molecule has 1 aromatic carbocycles. The van der Waals surface area contributed by atoms with Gasteiger partial charge in [0.2, 0.25) is 0 Å². The van der Waals surface area contributed by atoms with Crippen LogP contribution >= 0.6 is 0 Å². The topological polar surface area (TPSA) is 55.0 Å². The summed E-state index contributed by atoms with van der Waals surface area (Å²) in [5.74, 6) is 0.923. The number of hydrogen-bond donors (Lipinski definition) is 1. The molecule has 0 aliphatic carbocycles. The second kappa shape index (κ2) is 5.21. The second-order valence-electron chi connectivity index (χ2n) is 5.59. The number of nitrogens with zero attached hydrogens (tertiary/aromatic N) is 3. The lowest BCUT2D eigenvalue weighted by molar-refractivity contribution is 0.750. The Kier molecular flexibility index (Phi) is 3.40. The maximum Gasteiger partial charge on any atom is 0.151 e. The molecular weight excluding hydrogens is 248 g/mol. The molecule has 1 aliphatic rings. The summed E-state index contributed by atoms with van der Waals surface area (Å²) in [6.07, 6.45) is 1.03. The molecule has 0 spiro atoms. The number of aryl methyl sites for hydroxylation is 2. The Morgan fingerprint density at radius 1 is 1.15 bits per heavy atom. The Bertz CT molecular complexity index is 606. The van der Waals surface area contributed by atoms with E-state index in [1.807, 2.05) is 12.1 Å². The number of nitrogens with two attached hydrogens (primary N) is 1. The summed E-state index contributed by atoms with van der Waals surface area (Å²) in [5, 5.41) is 8.75. The van der Waals surface area contributed by atoms with E-state index in [2.05, 4.69) is 47.1 Å². The van der Waals surface area contributed by atoms with Crippen LogP contribution in [0.15, 0.2) is 30.3 Å². The molecule has 2 heterocycles. The van der Waals surface area contributed by atoms with Crippen molar-refractivity contribution in [3.63, 3.8) is 0 Å². The molecule has 2 aromatic rings. The Morgan fingerprint density at radius 2 is 2.00 bits per heavy atom. The largest absolute Gasteiger partial charge is 0.354 e. The van der Waals surface area contributed by atoms with E-state index >= 15 is 0 Å². The third kappa shape index (κ3) is 2.51. The quantitative estimate of drug-likeness (QED) is 0.908. The van der Waals surface area contributed by atoms with E-state index in [1.165, 1.54) is 11.1 Å². The molecule has 1 aliphatic heterocycles. The maximum absolute atomic E-state index is 5.93. The van der Waals surface area contributed by atoms with E-state index in [4.69, 9.17) is 5.73 Å². The second-order valence-corrected chi connectivity index (χ2v) is 5.59. The molecule has 4 heteroatoms. The first kappa shape index (κ1) is 13.1. The van der Waals surface area contributed by atoms with Gasteiger partial charge in [0.05, 0.1) is 5.69 Å². The Balaban J connectivity index is 1.87. The Labute approximate surface area is 119 Å². The highest BCUT2D eigenvalue weighted by Gasteiger charge is 2.20. The third-order valence-corrected chi connectivity index (χ3v) is 3.87. The Hall–Kier alpha value is -1.94. The summed E-state index contributed by atoms with van der Waals surface area (Å²) >= 11 is 0. The van der Waals surface area contributed by atoms with Crippen molar-refractivity contribution in [1.29, 1.82) is 0 Å². The molecule has 1 atom stereocenters. The van der Waals surface area contributed by atoms with Crippen molar-refractivity contribution in [3.8, 4) is 11.3 Å². The van der Waals surface area contributed by atoms with E-state index in [0.29, 0.717) is 0 Å². The highest BCUT2D eigenvalue weighted by atomic mass is 15.3. The molecule has 1 fully saturated rings. The molecule has 1 aromatic heterocycles. The summed E-state index contributed by atoms with van der Waals surface area (Å²) in [6.45, 7) is 6.04. The molecule has 20 heavy (non-hydrogen) atoms. The van der Waals surface area contributed by atoms with Crippen LogP contribution in [-0.2, 0) is 0 Å². The van der Waals surface area contributed by atoms with Gasteiger partial charge in [0.1, 0.15) is 0 Å². The van der Waals surface area contributed by atoms with Gasteiger partial charge in [-0.3, -0.25) is 0 Å². The van der Waals surface area contributed by atoms with Gasteiger partial charge < -0.3 is 10.6 Å². The number of aromatic nitrogens is 2. The van der Waals surface area contributed by atoms with Gasteiger partial charge in [0.25, 0.3) is 0 Å². The lowest BCUT2D eigenvalue weighted by Crippen LogP contribution is -2.27. The van der Waals surface area contributed by atoms with E-state index < -0.39 is 0 Å². The zero-order chi connectivity index (χ0) is 14.1. The predicted molar refractivity (Wildman–Crippen MR) is 81.7 cm³/mol. The van der Waals surface area contributed by atoms with Gasteiger partial charge in [-0.15, -0.1) is 10.2 Å². The molecule has 3 rings (SSSR count). The summed E-state index contributed by atoms with van der Waals surface area (Å²) in [6, 6.07) is 10.8. The molecule has 0 bridgehead atoms. The van der Waals surface area contributed by atoms with Crippen molar-refractivity contribution in [2.45, 2.75) is 26.3 Å². The molecular formula is C16H20N4. The summed E-state index contributed by atoms with van der Waals surface area (Å²) in [4.78, 5) is 2.20. The predicted octanol–water partition coefficient (Wildman–Crippen LogP) is 2.30. The van der Waals surface area contributed by atoms with Gasteiger partial charge in [0, 0.05) is 24.7 Å². The highest BCUT2D eigenvalue weighted by Crippen LogP contribution is 2.24. The van der Waals surface area contributed by atoms with E-state index in [0.717, 1.165) is 36.6 Å². The fraction of sp³-hybridized carbons (Fsp3) is 0.375. The van der Waals surface area contributed by atoms with Crippen LogP contribution in [-0.4, -0.2) is 29.3 Å². The zero-order valence-electron chi connectivity index (χ0n) is 12.0. The van der Waals surface area contributed by atoms with Gasteiger partial charge in [-0.2, -0.15) is 0 Å². The van der Waals surface area contributed by atoms with Crippen molar-refractivity contribution in [2.24, 2.45) is 5.73 Å². The minimum atomic E-state index is 0.260. The number of rotatable bonds is 2. The average Bonchev–Trinajstić information content (AvgIpc) is 2.88. The van der Waals surface area contributed by atoms with Gasteiger partial charge in [-0.25, -0.2) is 0 Å². The highest BCUT2D eigenvalue weighted by molar-refractivity contribution is 5.64. The molecule has 104 valence electrons. The summed E-state index contributed by atoms with van der Waals surface area (Å²) < 4.78 is 0. The average molecular weight is 268 g/mol. The fourth-order valence-corrected chi connectivity index (χ4v) is 2.64. The first-order valence-electron chi connectivity index (χ1n) is 7.05. The van der Waals surface area contributed by atoms with Crippen LogP contribution in [0.25, 0.3) is 11.3 Å². The van der Waals surface area contributed by atoms with Crippen LogP contribution < -0.4 is 10.6 Å². The molecule has 0 saturated carbocycles. The molecule has 2 N–H and O–H groups in total. The van der Waals surface area contributed by atoms with Gasteiger partial charge in [-0.1, -0.05) is 17.7 Å². The van der Waals surface area contributed by atoms with Crippen LogP contribution in [0.3, 0.4) is 0 Å². The minimum absolute atomic E-state index is 0.260. The SMILES string of the molecule is Cc1ccc(C)c(-c2ccc(N3CCC(N)C3)nn2)c1. The minimum Gasteiger partial charge on any atom is -0.354 e. The van der Waals surface area contributed by atoms with Crippen LogP contribution in [0.2, 0.25) is 0 Å². The number of anilines is 1. The third-order valence-electron chi connectivity index (χ3n) is 3.87. The first-order valence-corrected chi connectivity index (χ1v) is 7.05. The van der Waals surface area contributed by atoms with Crippen molar-refractivity contribution < 1.29 is 0 Å². The smallest absolute Gasteiger partial charge is 0.151 e. The maximum atomic E-state index is 5.93. The monoisotopic (exact) mass is 268 g/mol. The fourth-order valence-electron chi connectivity index (χ4n) is 2.64. The van der Waals surface area contributed by atoms with Crippen molar-refractivity contribution in [3.05, 3.63) is 41.5 Å². The number of benzene rings is 1.